The summed E-state index contributed by atoms with van der Waals surface area (Å²) >= 11 is 11.9. The first-order chi connectivity index (χ1) is 9.63. The van der Waals surface area contributed by atoms with Crippen molar-refractivity contribution in [3.05, 3.63) is 33.8 Å². The van der Waals surface area contributed by atoms with Crippen molar-refractivity contribution in [2.24, 2.45) is 5.41 Å². The van der Waals surface area contributed by atoms with Crippen LogP contribution in [0.3, 0.4) is 0 Å². The fourth-order valence-corrected chi connectivity index (χ4v) is 2.13. The molecule has 7 heteroatoms. The largest absolute Gasteiger partial charge is 0.481 e. The van der Waals surface area contributed by atoms with Gasteiger partial charge in [-0.15, -0.1) is 0 Å². The molecule has 0 aliphatic carbocycles. The molecule has 1 aromatic carbocycles. The number of carbonyl (C=O) groups excluding carboxylic acids is 1. The molecule has 1 aromatic rings. The van der Waals surface area contributed by atoms with Crippen LogP contribution in [-0.2, 0) is 4.79 Å². The number of halogens is 2. The van der Waals surface area contributed by atoms with Gasteiger partial charge in [-0.05, 0) is 38.5 Å². The molecular weight excluding hydrogens is 315 g/mol. The lowest BCUT2D eigenvalue weighted by molar-refractivity contribution is -0.146. The van der Waals surface area contributed by atoms with E-state index in [-0.39, 0.29) is 12.6 Å². The van der Waals surface area contributed by atoms with Crippen LogP contribution in [0.4, 0.5) is 4.79 Å². The zero-order valence-electron chi connectivity index (χ0n) is 12.0. The molecule has 0 fully saturated rings. The molecule has 0 aliphatic rings. The van der Waals surface area contributed by atoms with Gasteiger partial charge < -0.3 is 15.7 Å². The van der Waals surface area contributed by atoms with Crippen LogP contribution in [0, 0.1) is 5.41 Å². The number of nitrogens with one attached hydrogen (secondary N) is 2. The van der Waals surface area contributed by atoms with Gasteiger partial charge in [-0.1, -0.05) is 29.3 Å². The van der Waals surface area contributed by atoms with Gasteiger partial charge >= 0.3 is 12.0 Å². The maximum atomic E-state index is 11.8. The average molecular weight is 333 g/mol. The quantitative estimate of drug-likeness (QED) is 0.772. The van der Waals surface area contributed by atoms with Gasteiger partial charge in [0.25, 0.3) is 0 Å². The minimum Gasteiger partial charge on any atom is -0.481 e. The molecule has 1 atom stereocenters. The Morgan fingerprint density at radius 1 is 1.33 bits per heavy atom. The molecule has 0 bridgehead atoms. The van der Waals surface area contributed by atoms with Gasteiger partial charge in [-0.25, -0.2) is 4.79 Å². The maximum absolute atomic E-state index is 11.8. The molecule has 0 aromatic heterocycles. The van der Waals surface area contributed by atoms with Crippen molar-refractivity contribution in [2.45, 2.75) is 26.8 Å². The van der Waals surface area contributed by atoms with Gasteiger partial charge in [0, 0.05) is 16.6 Å². The molecule has 0 aliphatic heterocycles. The smallest absolute Gasteiger partial charge is 0.315 e. The summed E-state index contributed by atoms with van der Waals surface area (Å²) in [5.74, 6) is -0.975. The van der Waals surface area contributed by atoms with E-state index in [0.29, 0.717) is 10.0 Å². The van der Waals surface area contributed by atoms with E-state index in [2.05, 4.69) is 10.6 Å². The van der Waals surface area contributed by atoms with E-state index >= 15 is 0 Å². The van der Waals surface area contributed by atoms with Crippen LogP contribution in [0.25, 0.3) is 0 Å². The number of amides is 2. The lowest BCUT2D eigenvalue weighted by atomic mass is 9.94. The number of urea groups is 1. The van der Waals surface area contributed by atoms with Crippen molar-refractivity contribution in [3.8, 4) is 0 Å². The van der Waals surface area contributed by atoms with Gasteiger partial charge in [-0.2, -0.15) is 0 Å². The van der Waals surface area contributed by atoms with Crippen molar-refractivity contribution in [1.29, 1.82) is 0 Å². The molecule has 0 saturated carbocycles. The highest BCUT2D eigenvalue weighted by Crippen LogP contribution is 2.26. The summed E-state index contributed by atoms with van der Waals surface area (Å²) in [7, 11) is 0. The fraction of sp³-hybridized carbons (Fsp3) is 0.429. The Labute approximate surface area is 133 Å². The van der Waals surface area contributed by atoms with Crippen LogP contribution in [0.1, 0.15) is 32.4 Å². The van der Waals surface area contributed by atoms with Gasteiger partial charge in [-0.3, -0.25) is 4.79 Å². The first-order valence-corrected chi connectivity index (χ1v) is 7.12. The van der Waals surface area contributed by atoms with Crippen molar-refractivity contribution in [3.63, 3.8) is 0 Å². The van der Waals surface area contributed by atoms with Crippen molar-refractivity contribution in [1.82, 2.24) is 10.6 Å². The Morgan fingerprint density at radius 2 is 1.95 bits per heavy atom. The number of hydrogen-bond acceptors (Lipinski definition) is 2. The predicted molar refractivity (Wildman–Crippen MR) is 82.8 cm³/mol. The second-order valence-electron chi connectivity index (χ2n) is 5.40. The summed E-state index contributed by atoms with van der Waals surface area (Å²) in [5.41, 5.74) is -0.299. The SMILES string of the molecule is CC(NC(=O)NCC(C)(C)C(=O)O)c1ccc(Cl)cc1Cl. The third-order valence-corrected chi connectivity index (χ3v) is 3.61. The molecule has 2 amide bonds. The lowest BCUT2D eigenvalue weighted by Gasteiger charge is -2.21. The van der Waals surface area contributed by atoms with Gasteiger partial charge in [0.05, 0.1) is 11.5 Å². The number of hydrogen-bond donors (Lipinski definition) is 3. The molecule has 1 rings (SSSR count). The third-order valence-electron chi connectivity index (χ3n) is 3.05. The first kappa shape index (κ1) is 17.6. The topological polar surface area (TPSA) is 78.4 Å². The zero-order chi connectivity index (χ0) is 16.2. The number of carboxylic acids is 1. The third kappa shape index (κ3) is 5.10. The Morgan fingerprint density at radius 3 is 2.48 bits per heavy atom. The van der Waals surface area contributed by atoms with E-state index < -0.39 is 17.4 Å². The minimum absolute atomic E-state index is 0.0231. The number of benzene rings is 1. The lowest BCUT2D eigenvalue weighted by Crippen LogP contribution is -2.44. The Balaban J connectivity index is 2.60. The Bertz CT molecular complexity index is 547. The van der Waals surface area contributed by atoms with Crippen LogP contribution < -0.4 is 10.6 Å². The highest BCUT2D eigenvalue weighted by atomic mass is 35.5. The summed E-state index contributed by atoms with van der Waals surface area (Å²) in [4.78, 5) is 22.7. The molecule has 0 radical (unpaired) electrons. The number of carboxylic acid groups (broad SMARTS) is 1. The minimum atomic E-state index is -1.03. The van der Waals surface area contributed by atoms with Crippen molar-refractivity contribution < 1.29 is 14.7 Å². The van der Waals surface area contributed by atoms with E-state index in [0.717, 1.165) is 5.56 Å². The fourth-order valence-electron chi connectivity index (χ4n) is 1.55. The molecule has 3 N–H and O–H groups in total. The molecule has 0 heterocycles. The van der Waals surface area contributed by atoms with E-state index in [9.17, 15) is 9.59 Å². The average Bonchev–Trinajstić information content (AvgIpc) is 2.36. The van der Waals surface area contributed by atoms with Crippen LogP contribution in [-0.4, -0.2) is 23.7 Å². The first-order valence-electron chi connectivity index (χ1n) is 6.36. The van der Waals surface area contributed by atoms with Crippen molar-refractivity contribution >= 4 is 35.2 Å². The van der Waals surface area contributed by atoms with E-state index in [1.807, 2.05) is 0 Å². The maximum Gasteiger partial charge on any atom is 0.315 e. The molecular formula is C14H18Cl2N2O3. The summed E-state index contributed by atoms with van der Waals surface area (Å²) in [5, 5.41) is 15.2. The van der Waals surface area contributed by atoms with Gasteiger partial charge in [0.15, 0.2) is 0 Å². The summed E-state index contributed by atoms with van der Waals surface area (Å²) < 4.78 is 0. The number of rotatable bonds is 5. The summed E-state index contributed by atoms with van der Waals surface area (Å²) in [6, 6.07) is 4.23. The van der Waals surface area contributed by atoms with Crippen LogP contribution in [0.15, 0.2) is 18.2 Å². The van der Waals surface area contributed by atoms with E-state index in [1.165, 1.54) is 13.8 Å². The predicted octanol–water partition coefficient (Wildman–Crippen LogP) is 3.46. The highest BCUT2D eigenvalue weighted by Gasteiger charge is 2.27. The molecule has 5 nitrogen and oxygen atoms in total. The van der Waals surface area contributed by atoms with Crippen molar-refractivity contribution in [2.75, 3.05) is 6.54 Å². The standard InChI is InChI=1S/C14H18Cl2N2O3/c1-8(10-5-4-9(15)6-11(10)16)18-13(21)17-7-14(2,3)12(19)20/h4-6,8H,7H2,1-3H3,(H,19,20)(H2,17,18,21). The second-order valence-corrected chi connectivity index (χ2v) is 6.25. The molecule has 1 unspecified atom stereocenters. The zero-order valence-corrected chi connectivity index (χ0v) is 13.5. The summed E-state index contributed by atoms with van der Waals surface area (Å²) in [6.07, 6.45) is 0. The van der Waals surface area contributed by atoms with Crippen LogP contribution >= 0.6 is 23.2 Å². The number of aliphatic carboxylic acids is 1. The van der Waals surface area contributed by atoms with Crippen LogP contribution in [0.2, 0.25) is 10.0 Å². The second kappa shape index (κ2) is 7.00. The highest BCUT2D eigenvalue weighted by molar-refractivity contribution is 6.35. The number of carbonyl (C=O) groups is 2. The normalized spacial score (nSPS) is 12.6. The Kier molecular flexibility index (Phi) is 5.87. The van der Waals surface area contributed by atoms with E-state index in [4.69, 9.17) is 28.3 Å². The molecule has 0 spiro atoms. The Hall–Kier alpha value is -1.46. The van der Waals surface area contributed by atoms with Crippen LogP contribution in [0.5, 0.6) is 0 Å². The monoisotopic (exact) mass is 332 g/mol. The van der Waals surface area contributed by atoms with E-state index in [1.54, 1.807) is 25.1 Å². The molecule has 0 saturated heterocycles. The van der Waals surface area contributed by atoms with Gasteiger partial charge in [0.2, 0.25) is 0 Å². The molecule has 116 valence electrons. The summed E-state index contributed by atoms with van der Waals surface area (Å²) in [6.45, 7) is 4.87. The molecule has 21 heavy (non-hydrogen) atoms. The van der Waals surface area contributed by atoms with Gasteiger partial charge in [0.1, 0.15) is 0 Å².